The lowest BCUT2D eigenvalue weighted by molar-refractivity contribution is 0.141. The van der Waals surface area contributed by atoms with Gasteiger partial charge in [-0.05, 0) is 20.3 Å². The highest BCUT2D eigenvalue weighted by atomic mass is 16.5. The third-order valence-electron chi connectivity index (χ3n) is 3.03. The highest BCUT2D eigenvalue weighted by Crippen LogP contribution is 2.21. The molecular weight excluding hydrogens is 256 g/mol. The van der Waals surface area contributed by atoms with Crippen molar-refractivity contribution in [1.29, 1.82) is 0 Å². The monoisotopic (exact) mass is 282 g/mol. The predicted octanol–water partition coefficient (Wildman–Crippen LogP) is 1.50. The number of hydrogen-bond donors (Lipinski definition) is 1. The molecule has 0 fully saturated rings. The average molecular weight is 282 g/mol. The Morgan fingerprint density at radius 1 is 1.05 bits per heavy atom. The van der Waals surface area contributed by atoms with Crippen LogP contribution in [-0.2, 0) is 15.9 Å². The van der Waals surface area contributed by atoms with E-state index in [-0.39, 0.29) is 0 Å². The summed E-state index contributed by atoms with van der Waals surface area (Å²) in [7, 11) is 0. The Bertz CT molecular complexity index is 377. The Morgan fingerprint density at radius 3 is 2.15 bits per heavy atom. The molecule has 0 saturated carbocycles. The summed E-state index contributed by atoms with van der Waals surface area (Å²) in [6.07, 6.45) is 2.32. The number of nitrogens with two attached hydrogens (primary N) is 1. The largest absolute Gasteiger partial charge is 0.383 e. The summed E-state index contributed by atoms with van der Waals surface area (Å²) in [6.45, 7) is 10.3. The SMILES string of the molecule is CCOCCN(CCOCC)c1ncnc(N)c1CC. The molecule has 1 aromatic heterocycles. The number of nitrogen functional groups attached to an aromatic ring is 1. The van der Waals surface area contributed by atoms with E-state index in [0.717, 1.165) is 30.9 Å². The minimum atomic E-state index is 0.551. The van der Waals surface area contributed by atoms with E-state index in [9.17, 15) is 0 Å². The number of ether oxygens (including phenoxy) is 2. The summed E-state index contributed by atoms with van der Waals surface area (Å²) in [5.41, 5.74) is 6.93. The zero-order valence-corrected chi connectivity index (χ0v) is 12.8. The maximum Gasteiger partial charge on any atom is 0.137 e. The van der Waals surface area contributed by atoms with Crippen LogP contribution in [0.15, 0.2) is 6.33 Å². The van der Waals surface area contributed by atoms with E-state index in [4.69, 9.17) is 15.2 Å². The first-order chi connectivity index (χ1) is 9.74. The fourth-order valence-electron chi connectivity index (χ4n) is 1.99. The van der Waals surface area contributed by atoms with Crippen LogP contribution in [0.1, 0.15) is 26.3 Å². The Balaban J connectivity index is 2.81. The number of aromatic nitrogens is 2. The molecule has 1 aromatic rings. The zero-order chi connectivity index (χ0) is 14.8. The molecule has 20 heavy (non-hydrogen) atoms. The second-order valence-corrected chi connectivity index (χ2v) is 4.30. The topological polar surface area (TPSA) is 73.5 Å². The molecule has 2 N–H and O–H groups in total. The standard InChI is InChI=1S/C14H26N4O2/c1-4-12-13(15)16-11-17-14(12)18(7-9-19-5-2)8-10-20-6-3/h11H,4-10H2,1-3H3,(H2,15,16,17). The van der Waals surface area contributed by atoms with E-state index in [1.165, 1.54) is 6.33 Å². The van der Waals surface area contributed by atoms with Crippen molar-refractivity contribution in [3.05, 3.63) is 11.9 Å². The number of hydrogen-bond acceptors (Lipinski definition) is 6. The third-order valence-corrected chi connectivity index (χ3v) is 3.03. The van der Waals surface area contributed by atoms with Gasteiger partial charge in [0.05, 0.1) is 13.2 Å². The molecule has 0 aromatic carbocycles. The number of anilines is 2. The van der Waals surface area contributed by atoms with E-state index in [1.807, 2.05) is 13.8 Å². The normalized spacial score (nSPS) is 10.8. The van der Waals surface area contributed by atoms with Crippen molar-refractivity contribution in [2.24, 2.45) is 0 Å². The average Bonchev–Trinajstić information content (AvgIpc) is 2.46. The Kier molecular flexibility index (Phi) is 7.91. The highest BCUT2D eigenvalue weighted by molar-refractivity contribution is 5.56. The predicted molar refractivity (Wildman–Crippen MR) is 81.0 cm³/mol. The molecule has 0 aliphatic carbocycles. The van der Waals surface area contributed by atoms with Crippen molar-refractivity contribution in [3.8, 4) is 0 Å². The van der Waals surface area contributed by atoms with Gasteiger partial charge in [-0.15, -0.1) is 0 Å². The van der Waals surface area contributed by atoms with Gasteiger partial charge in [-0.25, -0.2) is 9.97 Å². The van der Waals surface area contributed by atoms with E-state index < -0.39 is 0 Å². The van der Waals surface area contributed by atoms with Gasteiger partial charge in [0, 0.05) is 31.9 Å². The quantitative estimate of drug-likeness (QED) is 0.656. The molecule has 0 unspecified atom stereocenters. The molecule has 0 radical (unpaired) electrons. The van der Waals surface area contributed by atoms with Gasteiger partial charge < -0.3 is 20.1 Å². The lowest BCUT2D eigenvalue weighted by atomic mass is 10.2. The summed E-state index contributed by atoms with van der Waals surface area (Å²) in [5, 5.41) is 0. The molecule has 1 rings (SSSR count). The van der Waals surface area contributed by atoms with Crippen LogP contribution < -0.4 is 10.6 Å². The molecule has 0 bridgehead atoms. The van der Waals surface area contributed by atoms with Crippen molar-refractivity contribution in [3.63, 3.8) is 0 Å². The van der Waals surface area contributed by atoms with Crippen LogP contribution in [0.3, 0.4) is 0 Å². The summed E-state index contributed by atoms with van der Waals surface area (Å²) in [6, 6.07) is 0. The van der Waals surface area contributed by atoms with Crippen LogP contribution in [0.4, 0.5) is 11.6 Å². The summed E-state index contributed by atoms with van der Waals surface area (Å²) >= 11 is 0. The van der Waals surface area contributed by atoms with Crippen LogP contribution in [0.2, 0.25) is 0 Å². The second kappa shape index (κ2) is 9.50. The molecule has 0 aliphatic heterocycles. The van der Waals surface area contributed by atoms with Crippen LogP contribution in [0, 0.1) is 0 Å². The van der Waals surface area contributed by atoms with Crippen LogP contribution in [0.25, 0.3) is 0 Å². The van der Waals surface area contributed by atoms with E-state index in [0.29, 0.717) is 32.2 Å². The summed E-state index contributed by atoms with van der Waals surface area (Å²) < 4.78 is 10.9. The summed E-state index contributed by atoms with van der Waals surface area (Å²) in [5.74, 6) is 1.44. The van der Waals surface area contributed by atoms with Gasteiger partial charge in [0.2, 0.25) is 0 Å². The van der Waals surface area contributed by atoms with Gasteiger partial charge in [0.15, 0.2) is 0 Å². The fraction of sp³-hybridized carbons (Fsp3) is 0.714. The van der Waals surface area contributed by atoms with E-state index in [1.54, 1.807) is 0 Å². The molecule has 0 saturated heterocycles. The van der Waals surface area contributed by atoms with Gasteiger partial charge in [-0.2, -0.15) is 0 Å². The maximum absolute atomic E-state index is 5.94. The van der Waals surface area contributed by atoms with Crippen LogP contribution in [0.5, 0.6) is 0 Å². The molecule has 0 aliphatic rings. The Labute approximate surface area is 121 Å². The first kappa shape index (κ1) is 16.7. The zero-order valence-electron chi connectivity index (χ0n) is 12.8. The van der Waals surface area contributed by atoms with Crippen molar-refractivity contribution in [2.75, 3.05) is 50.2 Å². The lowest BCUT2D eigenvalue weighted by Crippen LogP contribution is -2.33. The molecule has 0 spiro atoms. The van der Waals surface area contributed by atoms with Crippen molar-refractivity contribution in [2.45, 2.75) is 27.2 Å². The minimum Gasteiger partial charge on any atom is -0.383 e. The second-order valence-electron chi connectivity index (χ2n) is 4.30. The van der Waals surface area contributed by atoms with Crippen molar-refractivity contribution in [1.82, 2.24) is 9.97 Å². The molecule has 114 valence electrons. The molecule has 6 heteroatoms. The van der Waals surface area contributed by atoms with Gasteiger partial charge >= 0.3 is 0 Å². The van der Waals surface area contributed by atoms with E-state index in [2.05, 4.69) is 21.8 Å². The van der Waals surface area contributed by atoms with E-state index >= 15 is 0 Å². The minimum absolute atomic E-state index is 0.551. The Hall–Kier alpha value is -1.40. The van der Waals surface area contributed by atoms with Gasteiger partial charge in [-0.3, -0.25) is 0 Å². The molecule has 0 amide bonds. The van der Waals surface area contributed by atoms with Gasteiger partial charge in [0.1, 0.15) is 18.0 Å². The number of rotatable bonds is 10. The summed E-state index contributed by atoms with van der Waals surface area (Å²) in [4.78, 5) is 10.6. The third kappa shape index (κ3) is 4.94. The highest BCUT2D eigenvalue weighted by Gasteiger charge is 2.14. The van der Waals surface area contributed by atoms with Gasteiger partial charge in [0.25, 0.3) is 0 Å². The lowest BCUT2D eigenvalue weighted by Gasteiger charge is -2.25. The van der Waals surface area contributed by atoms with Crippen molar-refractivity contribution < 1.29 is 9.47 Å². The van der Waals surface area contributed by atoms with Gasteiger partial charge in [-0.1, -0.05) is 6.92 Å². The molecular formula is C14H26N4O2. The molecule has 0 atom stereocenters. The number of nitrogens with zero attached hydrogens (tertiary/aromatic N) is 3. The van der Waals surface area contributed by atoms with Crippen molar-refractivity contribution >= 4 is 11.6 Å². The first-order valence-corrected chi connectivity index (χ1v) is 7.24. The van der Waals surface area contributed by atoms with Crippen LogP contribution in [-0.4, -0.2) is 49.5 Å². The molecule has 6 nitrogen and oxygen atoms in total. The Morgan fingerprint density at radius 2 is 1.65 bits per heavy atom. The smallest absolute Gasteiger partial charge is 0.137 e. The maximum atomic E-state index is 5.94. The van der Waals surface area contributed by atoms with Crippen LogP contribution >= 0.6 is 0 Å². The molecule has 1 heterocycles. The first-order valence-electron chi connectivity index (χ1n) is 7.24. The fourth-order valence-corrected chi connectivity index (χ4v) is 1.99.